The van der Waals surface area contributed by atoms with Crippen molar-refractivity contribution in [2.45, 2.75) is 26.3 Å². The van der Waals surface area contributed by atoms with E-state index in [0.29, 0.717) is 23.9 Å². The van der Waals surface area contributed by atoms with Crippen molar-refractivity contribution in [2.24, 2.45) is 5.84 Å². The maximum Gasteiger partial charge on any atom is 0.243 e. The highest BCUT2D eigenvalue weighted by Gasteiger charge is 2.18. The normalized spacial score (nSPS) is 18.4. The summed E-state index contributed by atoms with van der Waals surface area (Å²) in [6, 6.07) is 0.433. The van der Waals surface area contributed by atoms with Crippen molar-refractivity contribution in [3.05, 3.63) is 0 Å². The van der Waals surface area contributed by atoms with Gasteiger partial charge in [0.15, 0.2) is 0 Å². The van der Waals surface area contributed by atoms with Crippen LogP contribution in [0.3, 0.4) is 0 Å². The molecule has 2 heterocycles. The maximum atomic E-state index is 5.43. The second-order valence-electron chi connectivity index (χ2n) is 4.30. The molecule has 0 radical (unpaired) electrons. The first-order valence-electron chi connectivity index (χ1n) is 6.58. The van der Waals surface area contributed by atoms with Crippen LogP contribution in [0.25, 0.3) is 0 Å². The number of nitrogens with zero attached hydrogens (tertiary/aromatic N) is 4. The smallest absolute Gasteiger partial charge is 0.243 e. The Kier molecular flexibility index (Phi) is 5.03. The number of nitrogens with one attached hydrogen (secondary N) is 2. The summed E-state index contributed by atoms with van der Waals surface area (Å²) in [5, 5.41) is 3.35. The first kappa shape index (κ1) is 14.1. The van der Waals surface area contributed by atoms with Crippen molar-refractivity contribution in [1.29, 1.82) is 0 Å². The van der Waals surface area contributed by atoms with Crippen molar-refractivity contribution in [1.82, 2.24) is 15.0 Å². The largest absolute Gasteiger partial charge is 0.350 e. The molecule has 4 N–H and O–H groups in total. The Hall–Kier alpha value is -1.28. The Morgan fingerprint density at radius 3 is 2.58 bits per heavy atom. The van der Waals surface area contributed by atoms with E-state index in [9.17, 15) is 0 Å². The molecule has 0 aliphatic carbocycles. The fourth-order valence-corrected chi connectivity index (χ4v) is 3.13. The second-order valence-corrected chi connectivity index (χ2v) is 5.45. The third-order valence-corrected chi connectivity index (χ3v) is 4.22. The summed E-state index contributed by atoms with van der Waals surface area (Å²) in [4.78, 5) is 15.1. The molecule has 1 aliphatic rings. The van der Waals surface area contributed by atoms with Crippen LogP contribution in [0.15, 0.2) is 0 Å². The molecule has 1 aromatic rings. The van der Waals surface area contributed by atoms with Crippen molar-refractivity contribution in [3.8, 4) is 0 Å². The number of thioether (sulfide) groups is 1. The fraction of sp³-hybridized carbons (Fsp3) is 0.727. The Bertz CT molecular complexity index is 404. The lowest BCUT2D eigenvalue weighted by Crippen LogP contribution is -2.27. The number of rotatable bonds is 6. The molecule has 106 valence electrons. The van der Waals surface area contributed by atoms with E-state index < -0.39 is 0 Å². The molecule has 0 saturated carbocycles. The third kappa shape index (κ3) is 3.60. The molecule has 0 amide bonds. The van der Waals surface area contributed by atoms with Gasteiger partial charge in [-0.05, 0) is 26.0 Å². The van der Waals surface area contributed by atoms with Crippen LogP contribution in [0.2, 0.25) is 0 Å². The number of hydrogen-bond donors (Lipinski definition) is 3. The number of anilines is 3. The Labute approximate surface area is 117 Å². The molecule has 0 spiro atoms. The molecule has 2 rings (SSSR count). The van der Waals surface area contributed by atoms with Gasteiger partial charge in [-0.3, -0.25) is 5.43 Å². The van der Waals surface area contributed by atoms with E-state index in [4.69, 9.17) is 5.84 Å². The van der Waals surface area contributed by atoms with Crippen molar-refractivity contribution in [3.63, 3.8) is 0 Å². The van der Waals surface area contributed by atoms with E-state index in [-0.39, 0.29) is 0 Å². The lowest BCUT2D eigenvalue weighted by Gasteiger charge is -2.20. The van der Waals surface area contributed by atoms with Gasteiger partial charge >= 0.3 is 0 Å². The average Bonchev–Trinajstić information content (AvgIpc) is 2.93. The molecular weight excluding hydrogens is 262 g/mol. The molecule has 1 aromatic heterocycles. The van der Waals surface area contributed by atoms with E-state index in [2.05, 4.69) is 44.4 Å². The van der Waals surface area contributed by atoms with Gasteiger partial charge in [-0.25, -0.2) is 5.84 Å². The van der Waals surface area contributed by atoms with Crippen LogP contribution in [-0.2, 0) is 0 Å². The molecular formula is C11H21N7S. The highest BCUT2D eigenvalue weighted by molar-refractivity contribution is 7.99. The zero-order chi connectivity index (χ0) is 13.7. The molecule has 19 heavy (non-hydrogen) atoms. The molecule has 1 saturated heterocycles. The van der Waals surface area contributed by atoms with Crippen molar-refractivity contribution < 1.29 is 0 Å². The highest BCUT2D eigenvalue weighted by atomic mass is 32.2. The maximum absolute atomic E-state index is 5.43. The van der Waals surface area contributed by atoms with Gasteiger partial charge in [0.25, 0.3) is 0 Å². The zero-order valence-electron chi connectivity index (χ0n) is 11.4. The number of nitrogen functional groups attached to an aromatic ring is 1. The Morgan fingerprint density at radius 2 is 2.00 bits per heavy atom. The highest BCUT2D eigenvalue weighted by Crippen LogP contribution is 2.21. The van der Waals surface area contributed by atoms with Crippen LogP contribution < -0.4 is 21.5 Å². The molecule has 0 bridgehead atoms. The molecule has 1 fully saturated rings. The van der Waals surface area contributed by atoms with E-state index in [1.54, 1.807) is 0 Å². The van der Waals surface area contributed by atoms with E-state index >= 15 is 0 Å². The SMILES string of the molecule is CCN(CC)c1nc(NN)nc(NC2CCSC2)n1. The fourth-order valence-electron chi connectivity index (χ4n) is 1.97. The van der Waals surface area contributed by atoms with Gasteiger partial charge in [0.05, 0.1) is 0 Å². The van der Waals surface area contributed by atoms with Crippen LogP contribution in [0, 0.1) is 0 Å². The van der Waals surface area contributed by atoms with Crippen LogP contribution in [0.4, 0.5) is 17.8 Å². The standard InChI is InChI=1S/C11H21N7S/c1-3-18(4-2)11-15-9(14-10(16-11)17-12)13-8-5-6-19-7-8/h8H,3-7,12H2,1-2H3,(H2,13,14,15,16,17). The monoisotopic (exact) mass is 283 g/mol. The summed E-state index contributed by atoms with van der Waals surface area (Å²) >= 11 is 1.95. The minimum Gasteiger partial charge on any atom is -0.350 e. The minimum atomic E-state index is 0.394. The third-order valence-electron chi connectivity index (χ3n) is 3.06. The lowest BCUT2D eigenvalue weighted by molar-refractivity contribution is 0.779. The van der Waals surface area contributed by atoms with Gasteiger partial charge in [0.2, 0.25) is 17.8 Å². The summed E-state index contributed by atoms with van der Waals surface area (Å²) in [6.45, 7) is 5.85. The Morgan fingerprint density at radius 1 is 1.26 bits per heavy atom. The minimum absolute atomic E-state index is 0.394. The topological polar surface area (TPSA) is 92.0 Å². The van der Waals surface area contributed by atoms with Crippen molar-refractivity contribution in [2.75, 3.05) is 40.2 Å². The van der Waals surface area contributed by atoms with Crippen molar-refractivity contribution >= 4 is 29.6 Å². The molecule has 8 heteroatoms. The lowest BCUT2D eigenvalue weighted by atomic mass is 10.3. The van der Waals surface area contributed by atoms with Gasteiger partial charge in [-0.2, -0.15) is 26.7 Å². The summed E-state index contributed by atoms with van der Waals surface area (Å²) in [5.74, 6) is 9.35. The molecule has 1 aliphatic heterocycles. The molecule has 1 unspecified atom stereocenters. The van der Waals surface area contributed by atoms with E-state index in [1.807, 2.05) is 11.8 Å². The molecule has 1 atom stereocenters. The predicted molar refractivity (Wildman–Crippen MR) is 80.6 cm³/mol. The van der Waals surface area contributed by atoms with Gasteiger partial charge in [0.1, 0.15) is 0 Å². The van der Waals surface area contributed by atoms with Crippen LogP contribution in [0.5, 0.6) is 0 Å². The van der Waals surface area contributed by atoms with Crippen LogP contribution in [-0.4, -0.2) is 45.6 Å². The molecule has 7 nitrogen and oxygen atoms in total. The summed E-state index contributed by atoms with van der Waals surface area (Å²) < 4.78 is 0. The summed E-state index contributed by atoms with van der Waals surface area (Å²) in [6.07, 6.45) is 1.14. The summed E-state index contributed by atoms with van der Waals surface area (Å²) in [5.41, 5.74) is 2.50. The number of aromatic nitrogens is 3. The van der Waals surface area contributed by atoms with Gasteiger partial charge < -0.3 is 10.2 Å². The summed E-state index contributed by atoms with van der Waals surface area (Å²) in [7, 11) is 0. The van der Waals surface area contributed by atoms with Gasteiger partial charge in [0, 0.05) is 24.9 Å². The van der Waals surface area contributed by atoms with Gasteiger partial charge in [-0.15, -0.1) is 0 Å². The number of nitrogens with two attached hydrogens (primary N) is 1. The average molecular weight is 283 g/mol. The first-order chi connectivity index (χ1) is 9.26. The van der Waals surface area contributed by atoms with E-state index in [1.165, 1.54) is 5.75 Å². The number of hydrogen-bond acceptors (Lipinski definition) is 8. The predicted octanol–water partition coefficient (Wildman–Crippen LogP) is 0.921. The second kappa shape index (κ2) is 6.76. The Balaban J connectivity index is 2.19. The number of hydrazine groups is 1. The van der Waals surface area contributed by atoms with Crippen LogP contribution in [0.1, 0.15) is 20.3 Å². The van der Waals surface area contributed by atoms with Gasteiger partial charge in [-0.1, -0.05) is 0 Å². The first-order valence-corrected chi connectivity index (χ1v) is 7.74. The van der Waals surface area contributed by atoms with E-state index in [0.717, 1.165) is 25.3 Å². The van der Waals surface area contributed by atoms with Crippen LogP contribution >= 0.6 is 11.8 Å². The quantitative estimate of drug-likeness (QED) is 0.524. The molecule has 0 aromatic carbocycles. The zero-order valence-corrected chi connectivity index (χ0v) is 12.2.